The maximum absolute atomic E-state index is 4.17. The number of thiazole rings is 1. The van der Waals surface area contributed by atoms with E-state index in [0.717, 1.165) is 14.6 Å². The monoisotopic (exact) mass is 244 g/mol. The van der Waals surface area contributed by atoms with Gasteiger partial charge in [0, 0.05) is 7.05 Å². The standard InChI is InChI=1S/C6H5BrN4S/c1-11-5(9-3-10-11)6-8-2-4(7)12-6/h2-3H,1H3. The van der Waals surface area contributed by atoms with Gasteiger partial charge < -0.3 is 0 Å². The molecule has 0 fully saturated rings. The molecule has 0 N–H and O–H groups in total. The molecular formula is C6H5BrN4S. The van der Waals surface area contributed by atoms with E-state index in [4.69, 9.17) is 0 Å². The Labute approximate surface area is 81.4 Å². The highest BCUT2D eigenvalue weighted by molar-refractivity contribution is 9.11. The SMILES string of the molecule is Cn1ncnc1-c1ncc(Br)s1. The Morgan fingerprint density at radius 1 is 1.50 bits per heavy atom. The van der Waals surface area contributed by atoms with E-state index in [1.54, 1.807) is 22.2 Å². The molecule has 12 heavy (non-hydrogen) atoms. The van der Waals surface area contributed by atoms with Crippen molar-refractivity contribution in [2.75, 3.05) is 0 Å². The topological polar surface area (TPSA) is 43.6 Å². The number of hydrogen-bond acceptors (Lipinski definition) is 4. The summed E-state index contributed by atoms with van der Waals surface area (Å²) in [5.41, 5.74) is 0. The number of rotatable bonds is 1. The number of halogens is 1. The average molecular weight is 245 g/mol. The quantitative estimate of drug-likeness (QED) is 0.768. The number of aryl methyl sites for hydroxylation is 1. The zero-order valence-corrected chi connectivity index (χ0v) is 8.63. The first kappa shape index (κ1) is 7.88. The zero-order valence-electron chi connectivity index (χ0n) is 6.23. The summed E-state index contributed by atoms with van der Waals surface area (Å²) < 4.78 is 2.70. The summed E-state index contributed by atoms with van der Waals surface area (Å²) in [5, 5.41) is 4.84. The first-order valence-electron chi connectivity index (χ1n) is 3.23. The minimum atomic E-state index is 0.797. The summed E-state index contributed by atoms with van der Waals surface area (Å²) in [6.07, 6.45) is 3.28. The molecule has 0 saturated heterocycles. The van der Waals surface area contributed by atoms with Crippen LogP contribution in [0.15, 0.2) is 16.3 Å². The van der Waals surface area contributed by atoms with Crippen molar-refractivity contribution in [2.45, 2.75) is 0 Å². The van der Waals surface area contributed by atoms with Gasteiger partial charge in [-0.1, -0.05) is 0 Å². The molecule has 6 heteroatoms. The second kappa shape index (κ2) is 2.95. The first-order valence-corrected chi connectivity index (χ1v) is 4.84. The molecule has 2 heterocycles. The summed E-state index contributed by atoms with van der Waals surface area (Å²) in [7, 11) is 1.84. The molecule has 0 amide bonds. The molecular weight excluding hydrogens is 240 g/mol. The molecule has 0 aromatic carbocycles. The molecule has 2 aromatic heterocycles. The van der Waals surface area contributed by atoms with Crippen LogP contribution in [0.2, 0.25) is 0 Å². The Bertz CT molecular complexity index is 394. The summed E-state index contributed by atoms with van der Waals surface area (Å²) in [6.45, 7) is 0. The minimum absolute atomic E-state index is 0.797. The van der Waals surface area contributed by atoms with Crippen molar-refractivity contribution < 1.29 is 0 Å². The highest BCUT2D eigenvalue weighted by Crippen LogP contribution is 2.26. The van der Waals surface area contributed by atoms with E-state index >= 15 is 0 Å². The number of aromatic nitrogens is 4. The van der Waals surface area contributed by atoms with Gasteiger partial charge in [0.15, 0.2) is 10.8 Å². The predicted octanol–water partition coefficient (Wildman–Crippen LogP) is 1.70. The van der Waals surface area contributed by atoms with Crippen molar-refractivity contribution in [3.63, 3.8) is 0 Å². The van der Waals surface area contributed by atoms with Gasteiger partial charge >= 0.3 is 0 Å². The average Bonchev–Trinajstić information content (AvgIpc) is 2.58. The predicted molar refractivity (Wildman–Crippen MR) is 49.8 cm³/mol. The Hall–Kier alpha value is -0.750. The van der Waals surface area contributed by atoms with E-state index < -0.39 is 0 Å². The normalized spacial score (nSPS) is 10.5. The third-order valence-corrected chi connectivity index (χ3v) is 2.85. The second-order valence-corrected chi connectivity index (χ2v) is 4.59. The minimum Gasteiger partial charge on any atom is -0.247 e. The van der Waals surface area contributed by atoms with E-state index in [0.29, 0.717) is 0 Å². The fourth-order valence-electron chi connectivity index (χ4n) is 0.848. The van der Waals surface area contributed by atoms with Gasteiger partial charge in [-0.15, -0.1) is 11.3 Å². The van der Waals surface area contributed by atoms with Crippen LogP contribution in [-0.4, -0.2) is 19.7 Å². The van der Waals surface area contributed by atoms with E-state index in [1.807, 2.05) is 7.05 Å². The molecule has 0 saturated carbocycles. The summed E-state index contributed by atoms with van der Waals surface area (Å²) in [4.78, 5) is 8.25. The smallest absolute Gasteiger partial charge is 0.187 e. The molecule has 0 aliphatic rings. The maximum Gasteiger partial charge on any atom is 0.187 e. The van der Waals surface area contributed by atoms with Gasteiger partial charge in [0.2, 0.25) is 0 Å². The van der Waals surface area contributed by atoms with Crippen LogP contribution >= 0.6 is 27.3 Å². The molecule has 0 atom stereocenters. The third kappa shape index (κ3) is 1.27. The molecule has 62 valence electrons. The maximum atomic E-state index is 4.17. The Kier molecular flexibility index (Phi) is 1.93. The van der Waals surface area contributed by atoms with Gasteiger partial charge in [0.1, 0.15) is 6.33 Å². The van der Waals surface area contributed by atoms with Crippen LogP contribution in [0, 0.1) is 0 Å². The first-order chi connectivity index (χ1) is 5.77. The summed E-state index contributed by atoms with van der Waals surface area (Å²) >= 11 is 4.88. The van der Waals surface area contributed by atoms with Crippen LogP contribution < -0.4 is 0 Å². The number of nitrogens with zero attached hydrogens (tertiary/aromatic N) is 4. The van der Waals surface area contributed by atoms with Crippen molar-refractivity contribution in [3.8, 4) is 10.8 Å². The largest absolute Gasteiger partial charge is 0.247 e. The van der Waals surface area contributed by atoms with Crippen LogP contribution in [0.5, 0.6) is 0 Å². The molecule has 4 nitrogen and oxygen atoms in total. The van der Waals surface area contributed by atoms with Crippen molar-refractivity contribution in [1.29, 1.82) is 0 Å². The van der Waals surface area contributed by atoms with Gasteiger partial charge in [-0.3, -0.25) is 0 Å². The van der Waals surface area contributed by atoms with Crippen LogP contribution in [0.1, 0.15) is 0 Å². The van der Waals surface area contributed by atoms with Crippen LogP contribution in [-0.2, 0) is 7.05 Å². The van der Waals surface area contributed by atoms with E-state index in [2.05, 4.69) is 31.0 Å². The number of hydrogen-bond donors (Lipinski definition) is 0. The van der Waals surface area contributed by atoms with Gasteiger partial charge in [-0.25, -0.2) is 14.6 Å². The van der Waals surface area contributed by atoms with E-state index in [1.165, 1.54) is 6.33 Å². The van der Waals surface area contributed by atoms with Crippen LogP contribution in [0.4, 0.5) is 0 Å². The zero-order chi connectivity index (χ0) is 8.55. The molecule has 0 unspecified atom stereocenters. The van der Waals surface area contributed by atoms with Gasteiger partial charge in [-0.2, -0.15) is 5.10 Å². The summed E-state index contributed by atoms with van der Waals surface area (Å²) in [5.74, 6) is 0.797. The lowest BCUT2D eigenvalue weighted by molar-refractivity contribution is 0.774. The molecule has 0 aliphatic carbocycles. The molecule has 0 radical (unpaired) electrons. The summed E-state index contributed by atoms with van der Waals surface area (Å²) in [6, 6.07) is 0. The molecule has 2 aromatic rings. The lowest BCUT2D eigenvalue weighted by atomic mass is 10.6. The molecule has 0 bridgehead atoms. The van der Waals surface area contributed by atoms with E-state index in [-0.39, 0.29) is 0 Å². The van der Waals surface area contributed by atoms with Crippen molar-refractivity contribution in [1.82, 2.24) is 19.7 Å². The van der Waals surface area contributed by atoms with E-state index in [9.17, 15) is 0 Å². The second-order valence-electron chi connectivity index (χ2n) is 2.18. The highest BCUT2D eigenvalue weighted by atomic mass is 79.9. The fourth-order valence-corrected chi connectivity index (χ4v) is 2.08. The Balaban J connectivity index is 2.50. The highest BCUT2D eigenvalue weighted by Gasteiger charge is 2.07. The molecule has 0 aliphatic heterocycles. The van der Waals surface area contributed by atoms with Crippen LogP contribution in [0.3, 0.4) is 0 Å². The molecule has 2 rings (SSSR count). The van der Waals surface area contributed by atoms with Crippen molar-refractivity contribution >= 4 is 27.3 Å². The van der Waals surface area contributed by atoms with Gasteiger partial charge in [0.05, 0.1) is 9.98 Å². The fraction of sp³-hybridized carbons (Fsp3) is 0.167. The van der Waals surface area contributed by atoms with Crippen molar-refractivity contribution in [3.05, 3.63) is 16.3 Å². The molecule has 0 spiro atoms. The van der Waals surface area contributed by atoms with Gasteiger partial charge in [0.25, 0.3) is 0 Å². The van der Waals surface area contributed by atoms with Crippen molar-refractivity contribution in [2.24, 2.45) is 7.05 Å². The van der Waals surface area contributed by atoms with Crippen LogP contribution in [0.25, 0.3) is 10.8 Å². The lowest BCUT2D eigenvalue weighted by Gasteiger charge is -1.91. The Morgan fingerprint density at radius 3 is 2.83 bits per heavy atom. The lowest BCUT2D eigenvalue weighted by Crippen LogP contribution is -1.93. The third-order valence-electron chi connectivity index (χ3n) is 1.38. The Morgan fingerprint density at radius 2 is 2.33 bits per heavy atom. The van der Waals surface area contributed by atoms with Gasteiger partial charge in [-0.05, 0) is 15.9 Å².